The van der Waals surface area contributed by atoms with E-state index in [0.29, 0.717) is 17.3 Å². The first-order valence-corrected chi connectivity index (χ1v) is 6.96. The normalized spacial score (nSPS) is 25.0. The van der Waals surface area contributed by atoms with Crippen molar-refractivity contribution >= 4 is 21.4 Å². The van der Waals surface area contributed by atoms with Crippen molar-refractivity contribution < 1.29 is 8.42 Å². The zero-order chi connectivity index (χ0) is 10.9. The molecule has 82 valence electrons. The summed E-state index contributed by atoms with van der Waals surface area (Å²) in [6.45, 7) is 0. The molecule has 1 aliphatic rings. The molecule has 2 heterocycles. The van der Waals surface area contributed by atoms with Crippen LogP contribution >= 0.6 is 11.6 Å². The first kappa shape index (κ1) is 10.8. The van der Waals surface area contributed by atoms with Gasteiger partial charge in [0.25, 0.3) is 0 Å². The summed E-state index contributed by atoms with van der Waals surface area (Å²) in [7, 11) is -2.89. The predicted molar refractivity (Wildman–Crippen MR) is 57.7 cm³/mol. The lowest BCUT2D eigenvalue weighted by Gasteiger charge is -2.20. The Kier molecular flexibility index (Phi) is 2.93. The van der Waals surface area contributed by atoms with E-state index in [-0.39, 0.29) is 11.7 Å². The molecule has 4 nitrogen and oxygen atoms in total. The van der Waals surface area contributed by atoms with Crippen LogP contribution < -0.4 is 0 Å². The Morgan fingerprint density at radius 1 is 1.33 bits per heavy atom. The average Bonchev–Trinajstić information content (AvgIpc) is 2.17. The van der Waals surface area contributed by atoms with Crippen molar-refractivity contribution in [2.24, 2.45) is 0 Å². The molecule has 2 rings (SSSR count). The van der Waals surface area contributed by atoms with E-state index in [9.17, 15) is 8.42 Å². The van der Waals surface area contributed by atoms with E-state index in [1.807, 2.05) is 0 Å². The summed E-state index contributed by atoms with van der Waals surface area (Å²) in [6.07, 6.45) is 1.56. The second kappa shape index (κ2) is 4.06. The van der Waals surface area contributed by atoms with E-state index in [1.165, 1.54) is 0 Å². The highest BCUT2D eigenvalue weighted by Crippen LogP contribution is 2.26. The van der Waals surface area contributed by atoms with Crippen LogP contribution in [0.2, 0.25) is 5.15 Å². The zero-order valence-corrected chi connectivity index (χ0v) is 9.63. The molecule has 0 amide bonds. The van der Waals surface area contributed by atoms with Gasteiger partial charge in [0.15, 0.2) is 15.0 Å². The summed E-state index contributed by atoms with van der Waals surface area (Å²) in [4.78, 5) is 0. The van der Waals surface area contributed by atoms with Gasteiger partial charge in [-0.3, -0.25) is 0 Å². The largest absolute Gasteiger partial charge is 0.229 e. The summed E-state index contributed by atoms with van der Waals surface area (Å²) < 4.78 is 22.9. The van der Waals surface area contributed by atoms with E-state index < -0.39 is 9.84 Å². The van der Waals surface area contributed by atoms with Gasteiger partial charge in [0.05, 0.1) is 17.2 Å². The summed E-state index contributed by atoms with van der Waals surface area (Å²) in [5.41, 5.74) is 0.725. The quantitative estimate of drug-likeness (QED) is 0.752. The predicted octanol–water partition coefficient (Wildman–Crippen LogP) is 1.42. The molecule has 1 atom stereocenters. The van der Waals surface area contributed by atoms with Gasteiger partial charge < -0.3 is 0 Å². The standard InChI is InChI=1S/C9H11ClN2O2S/c10-9-4-3-8(11-12-9)7-2-1-5-15(13,14)6-7/h3-4,7H,1-2,5-6H2. The van der Waals surface area contributed by atoms with Crippen molar-refractivity contribution in [1.82, 2.24) is 10.2 Å². The first-order valence-electron chi connectivity index (χ1n) is 4.76. The fourth-order valence-corrected chi connectivity index (χ4v) is 3.62. The maximum Gasteiger partial charge on any atom is 0.151 e. The van der Waals surface area contributed by atoms with Gasteiger partial charge in [-0.2, -0.15) is 5.10 Å². The number of rotatable bonds is 1. The van der Waals surface area contributed by atoms with E-state index in [1.54, 1.807) is 12.1 Å². The van der Waals surface area contributed by atoms with Crippen molar-refractivity contribution in [2.75, 3.05) is 11.5 Å². The summed E-state index contributed by atoms with van der Waals surface area (Å²) in [6, 6.07) is 3.39. The van der Waals surface area contributed by atoms with E-state index in [2.05, 4.69) is 10.2 Å². The third-order valence-electron chi connectivity index (χ3n) is 2.53. The molecule has 0 aromatic carbocycles. The second-order valence-corrected chi connectivity index (χ2v) is 6.35. The van der Waals surface area contributed by atoms with Crippen LogP contribution in [0.5, 0.6) is 0 Å². The molecule has 1 fully saturated rings. The summed E-state index contributed by atoms with van der Waals surface area (Å²) in [5.74, 6) is 0.460. The van der Waals surface area contributed by atoms with Gasteiger partial charge in [-0.05, 0) is 25.0 Å². The maximum atomic E-state index is 11.4. The number of halogens is 1. The van der Waals surface area contributed by atoms with Crippen LogP contribution in [0.25, 0.3) is 0 Å². The molecule has 6 heteroatoms. The van der Waals surface area contributed by atoms with Gasteiger partial charge in [0, 0.05) is 5.92 Å². The zero-order valence-electron chi connectivity index (χ0n) is 8.06. The molecule has 1 aromatic rings. The van der Waals surface area contributed by atoms with E-state index >= 15 is 0 Å². The van der Waals surface area contributed by atoms with Crippen molar-refractivity contribution in [3.8, 4) is 0 Å². The van der Waals surface area contributed by atoms with Crippen molar-refractivity contribution in [1.29, 1.82) is 0 Å². The smallest absolute Gasteiger partial charge is 0.151 e. The Balaban J connectivity index is 2.21. The number of sulfone groups is 1. The van der Waals surface area contributed by atoms with Gasteiger partial charge >= 0.3 is 0 Å². The molecule has 1 unspecified atom stereocenters. The Hall–Kier alpha value is -0.680. The molecule has 0 bridgehead atoms. The third kappa shape index (κ3) is 2.66. The number of aromatic nitrogens is 2. The molecule has 0 saturated carbocycles. The molecule has 0 radical (unpaired) electrons. The van der Waals surface area contributed by atoms with Crippen molar-refractivity contribution in [3.05, 3.63) is 23.0 Å². The number of hydrogen-bond donors (Lipinski definition) is 0. The van der Waals surface area contributed by atoms with Gasteiger partial charge in [-0.25, -0.2) is 8.42 Å². The Labute approximate surface area is 93.6 Å². The lowest BCUT2D eigenvalue weighted by molar-refractivity contribution is 0.547. The van der Waals surface area contributed by atoms with Gasteiger partial charge in [0.1, 0.15) is 0 Å². The van der Waals surface area contributed by atoms with Crippen LogP contribution in [0.15, 0.2) is 12.1 Å². The number of nitrogens with zero attached hydrogens (tertiary/aromatic N) is 2. The second-order valence-electron chi connectivity index (χ2n) is 3.73. The minimum absolute atomic E-state index is 0.0199. The molecule has 15 heavy (non-hydrogen) atoms. The van der Waals surface area contributed by atoms with Gasteiger partial charge in [-0.15, -0.1) is 5.10 Å². The fraction of sp³-hybridized carbons (Fsp3) is 0.556. The SMILES string of the molecule is O=S1(=O)CCCC(c2ccc(Cl)nn2)C1. The molecule has 0 N–H and O–H groups in total. The molecule has 0 spiro atoms. The highest BCUT2D eigenvalue weighted by Gasteiger charge is 2.26. The molecular weight excluding hydrogens is 236 g/mol. The molecule has 1 aliphatic heterocycles. The minimum Gasteiger partial charge on any atom is -0.229 e. The van der Waals surface area contributed by atoms with Gasteiger partial charge in [-0.1, -0.05) is 11.6 Å². The Morgan fingerprint density at radius 3 is 2.73 bits per heavy atom. The lowest BCUT2D eigenvalue weighted by atomic mass is 10.0. The monoisotopic (exact) mass is 246 g/mol. The maximum absolute atomic E-state index is 11.4. The highest BCUT2D eigenvalue weighted by atomic mass is 35.5. The van der Waals surface area contributed by atoms with Crippen molar-refractivity contribution in [2.45, 2.75) is 18.8 Å². The Bertz CT molecular complexity index is 444. The van der Waals surface area contributed by atoms with E-state index in [0.717, 1.165) is 12.1 Å². The van der Waals surface area contributed by atoms with Gasteiger partial charge in [0.2, 0.25) is 0 Å². The fourth-order valence-electron chi connectivity index (χ4n) is 1.80. The number of hydrogen-bond acceptors (Lipinski definition) is 4. The summed E-state index contributed by atoms with van der Waals surface area (Å²) in [5, 5.41) is 7.97. The lowest BCUT2D eigenvalue weighted by Crippen LogP contribution is -2.24. The van der Waals surface area contributed by atoms with Crippen LogP contribution in [-0.4, -0.2) is 30.1 Å². The topological polar surface area (TPSA) is 59.9 Å². The molecule has 0 aliphatic carbocycles. The van der Waals surface area contributed by atoms with E-state index in [4.69, 9.17) is 11.6 Å². The average molecular weight is 247 g/mol. The van der Waals surface area contributed by atoms with Crippen LogP contribution in [0.1, 0.15) is 24.5 Å². The van der Waals surface area contributed by atoms with Crippen LogP contribution in [0, 0.1) is 0 Å². The molecule has 1 aromatic heterocycles. The first-order chi connectivity index (χ1) is 7.07. The van der Waals surface area contributed by atoms with Crippen molar-refractivity contribution in [3.63, 3.8) is 0 Å². The third-order valence-corrected chi connectivity index (χ3v) is 4.56. The van der Waals surface area contributed by atoms with Crippen LogP contribution in [0.4, 0.5) is 0 Å². The van der Waals surface area contributed by atoms with Crippen LogP contribution in [0.3, 0.4) is 0 Å². The molecular formula is C9H11ClN2O2S. The van der Waals surface area contributed by atoms with Crippen LogP contribution in [-0.2, 0) is 9.84 Å². The summed E-state index contributed by atoms with van der Waals surface area (Å²) >= 11 is 5.61. The minimum atomic E-state index is -2.89. The molecule has 1 saturated heterocycles. The highest BCUT2D eigenvalue weighted by molar-refractivity contribution is 7.91. The Morgan fingerprint density at radius 2 is 2.13 bits per heavy atom.